The van der Waals surface area contributed by atoms with Crippen LogP contribution in [-0.2, 0) is 15.1 Å². The van der Waals surface area contributed by atoms with Gasteiger partial charge in [0.1, 0.15) is 30.2 Å². The van der Waals surface area contributed by atoms with Crippen LogP contribution in [0.3, 0.4) is 0 Å². The number of aromatic nitrogens is 1. The number of quaternary nitrogens is 1. The lowest BCUT2D eigenvalue weighted by atomic mass is 9.80. The molecule has 3 saturated heterocycles. The Balaban J connectivity index is 0.00000451. The minimum atomic E-state index is -0.925. The van der Waals surface area contributed by atoms with E-state index in [9.17, 15) is 20.1 Å². The summed E-state index contributed by atoms with van der Waals surface area (Å²) in [6, 6.07) is 16.4. The number of ether oxygens (including phenoxy) is 2. The highest BCUT2D eigenvalue weighted by Crippen LogP contribution is 2.42. The Morgan fingerprint density at radius 3 is 2.52 bits per heavy atom. The van der Waals surface area contributed by atoms with Gasteiger partial charge in [-0.3, -0.25) is 10.1 Å². The van der Waals surface area contributed by atoms with Crippen molar-refractivity contribution in [3.63, 3.8) is 0 Å². The van der Waals surface area contributed by atoms with Crippen molar-refractivity contribution in [1.82, 2.24) is 10.3 Å². The molecule has 1 aromatic heterocycles. The number of nitrogens with zero attached hydrogens (tertiary/aromatic N) is 1. The van der Waals surface area contributed by atoms with Gasteiger partial charge in [0, 0.05) is 43.2 Å². The smallest absolute Gasteiger partial charge is 0.248 e. The molecule has 7 rings (SSSR count). The normalized spacial score (nSPS) is 25.1. The Bertz CT molecular complexity index is 1510. The highest BCUT2D eigenvalue weighted by molar-refractivity contribution is 5.87. The molecule has 0 spiro atoms. The number of rotatable bonds is 16. The number of fused-ring (bicyclic) bond motifs is 4. The average Bonchev–Trinajstić information content (AvgIpc) is 3.65. The highest BCUT2D eigenvalue weighted by Gasteiger charge is 2.48. The Morgan fingerprint density at radius 1 is 1.04 bits per heavy atom. The van der Waals surface area contributed by atoms with E-state index in [-0.39, 0.29) is 46.5 Å². The second-order valence-electron chi connectivity index (χ2n) is 14.4. The topological polar surface area (TPSA) is 124 Å². The van der Waals surface area contributed by atoms with Gasteiger partial charge in [-0.1, -0.05) is 62.6 Å². The molecule has 1 saturated carbocycles. The zero-order valence-corrected chi connectivity index (χ0v) is 29.9. The molecule has 9 nitrogen and oxygen atoms in total. The van der Waals surface area contributed by atoms with E-state index in [1.807, 2.05) is 18.2 Å². The van der Waals surface area contributed by atoms with Crippen LogP contribution in [0, 0.1) is 11.8 Å². The van der Waals surface area contributed by atoms with Crippen LogP contribution in [0.5, 0.6) is 5.75 Å². The monoisotopic (exact) mass is 727 g/mol. The Kier molecular flexibility index (Phi) is 12.8. The summed E-state index contributed by atoms with van der Waals surface area (Å²) in [4.78, 5) is 14.4. The molecule has 4 aliphatic rings. The van der Waals surface area contributed by atoms with Gasteiger partial charge in [-0.25, -0.2) is 0 Å². The lowest BCUT2D eigenvalue weighted by molar-refractivity contribution is -0.946. The molecule has 48 heavy (non-hydrogen) atoms. The molecular weight excluding hydrogens is 674 g/mol. The van der Waals surface area contributed by atoms with E-state index in [4.69, 9.17) is 9.47 Å². The first-order valence-corrected chi connectivity index (χ1v) is 17.9. The van der Waals surface area contributed by atoms with E-state index in [0.29, 0.717) is 42.1 Å². The van der Waals surface area contributed by atoms with Crippen molar-refractivity contribution in [2.75, 3.05) is 45.9 Å². The molecule has 3 aromatic rings. The molecule has 4 atom stereocenters. The van der Waals surface area contributed by atoms with Crippen LogP contribution in [0.25, 0.3) is 10.9 Å². The van der Waals surface area contributed by atoms with Crippen molar-refractivity contribution in [1.29, 1.82) is 0 Å². The van der Waals surface area contributed by atoms with Crippen LogP contribution in [0.2, 0.25) is 0 Å². The summed E-state index contributed by atoms with van der Waals surface area (Å²) in [5, 5.41) is 37.3. The van der Waals surface area contributed by atoms with Crippen LogP contribution in [0.15, 0.2) is 59.4 Å². The molecule has 1 aliphatic carbocycles. The van der Waals surface area contributed by atoms with Crippen molar-refractivity contribution < 1.29 is 46.3 Å². The number of nitrogens with one attached hydrogen (secondary N) is 2. The molecule has 2 aromatic carbocycles. The largest absolute Gasteiger partial charge is 1.00 e. The van der Waals surface area contributed by atoms with Crippen molar-refractivity contribution in [3.8, 4) is 5.75 Å². The quantitative estimate of drug-likeness (QED) is 0.0871. The van der Waals surface area contributed by atoms with Gasteiger partial charge in [0.2, 0.25) is 5.56 Å². The minimum absolute atomic E-state index is 0. The molecule has 0 amide bonds. The molecule has 4 fully saturated rings. The van der Waals surface area contributed by atoms with Crippen LogP contribution < -0.4 is 27.9 Å². The third-order valence-electron chi connectivity index (χ3n) is 11.3. The SMILES string of the molecule is CCCC(NC[C@H](O)c1ccc(O)c2[nH]c(=O)ccc12)OCCC[N+]12CCC(CC1)[C@@H](OC[C@@](O)(c1ccccc1)C1CCCC1)C2.[Br-]. The molecule has 10 heteroatoms. The summed E-state index contributed by atoms with van der Waals surface area (Å²) >= 11 is 0. The number of pyridine rings is 1. The third kappa shape index (κ3) is 8.34. The average molecular weight is 729 g/mol. The van der Waals surface area contributed by atoms with E-state index in [1.54, 1.807) is 12.1 Å². The number of aliphatic hydroxyl groups excluding tert-OH is 1. The summed E-state index contributed by atoms with van der Waals surface area (Å²) in [6.45, 7) is 7.87. The first kappa shape index (κ1) is 37.0. The Labute approximate surface area is 295 Å². The number of H-pyrrole nitrogens is 1. The maximum absolute atomic E-state index is 12.0. The van der Waals surface area contributed by atoms with E-state index in [2.05, 4.69) is 29.4 Å². The van der Waals surface area contributed by atoms with Crippen LogP contribution in [0.4, 0.5) is 0 Å². The van der Waals surface area contributed by atoms with E-state index >= 15 is 0 Å². The summed E-state index contributed by atoms with van der Waals surface area (Å²) in [7, 11) is 0. The number of halogens is 1. The van der Waals surface area contributed by atoms with Gasteiger partial charge in [0.15, 0.2) is 0 Å². The number of phenols is 1. The molecule has 0 radical (unpaired) electrons. The molecule has 264 valence electrons. The van der Waals surface area contributed by atoms with Gasteiger partial charge >= 0.3 is 0 Å². The van der Waals surface area contributed by atoms with Crippen molar-refractivity contribution >= 4 is 10.9 Å². The van der Waals surface area contributed by atoms with Gasteiger partial charge in [0.25, 0.3) is 0 Å². The van der Waals surface area contributed by atoms with Crippen molar-refractivity contribution in [3.05, 3.63) is 76.1 Å². The fraction of sp³-hybridized carbons (Fsp3) is 0.605. The summed E-state index contributed by atoms with van der Waals surface area (Å²) in [5.41, 5.74) is 0.739. The van der Waals surface area contributed by atoms with Gasteiger partial charge in [0.05, 0.1) is 44.5 Å². The number of hydrogen-bond acceptors (Lipinski definition) is 7. The van der Waals surface area contributed by atoms with Crippen molar-refractivity contribution in [2.24, 2.45) is 11.8 Å². The van der Waals surface area contributed by atoms with Gasteiger partial charge in [-0.05, 0) is 48.4 Å². The molecule has 2 bridgehead atoms. The zero-order chi connectivity index (χ0) is 32.9. The second-order valence-corrected chi connectivity index (χ2v) is 14.4. The van der Waals surface area contributed by atoms with E-state index in [0.717, 1.165) is 55.2 Å². The number of aromatic amines is 1. The molecule has 1 unspecified atom stereocenters. The Morgan fingerprint density at radius 2 is 1.79 bits per heavy atom. The van der Waals surface area contributed by atoms with Crippen molar-refractivity contribution in [2.45, 2.75) is 88.7 Å². The third-order valence-corrected chi connectivity index (χ3v) is 11.3. The van der Waals surface area contributed by atoms with E-state index < -0.39 is 11.7 Å². The lowest BCUT2D eigenvalue weighted by Gasteiger charge is -2.53. The predicted molar refractivity (Wildman–Crippen MR) is 183 cm³/mol. The number of hydrogen-bond donors (Lipinski definition) is 5. The van der Waals surface area contributed by atoms with Gasteiger partial charge in [-0.15, -0.1) is 0 Å². The highest BCUT2D eigenvalue weighted by atomic mass is 79.9. The van der Waals surface area contributed by atoms with Crippen LogP contribution in [-0.4, -0.2) is 83.1 Å². The lowest BCUT2D eigenvalue weighted by Crippen LogP contribution is -3.00. The van der Waals surface area contributed by atoms with Crippen LogP contribution >= 0.6 is 0 Å². The summed E-state index contributed by atoms with van der Waals surface area (Å²) in [5.74, 6) is 0.808. The number of piperidine rings is 3. The fourth-order valence-corrected chi connectivity index (χ4v) is 8.56. The predicted octanol–water partition coefficient (Wildman–Crippen LogP) is 2.10. The maximum atomic E-state index is 12.0. The minimum Gasteiger partial charge on any atom is -1.00 e. The number of aromatic hydroxyl groups is 1. The summed E-state index contributed by atoms with van der Waals surface area (Å²) in [6.07, 6.45) is 8.76. The van der Waals surface area contributed by atoms with Gasteiger partial charge < -0.3 is 51.2 Å². The molecule has 5 N–H and O–H groups in total. The molecule has 4 heterocycles. The van der Waals surface area contributed by atoms with Gasteiger partial charge in [-0.2, -0.15) is 0 Å². The maximum Gasteiger partial charge on any atom is 0.248 e. The molecular formula is C38H54BrN3O6. The van der Waals surface area contributed by atoms with E-state index in [1.165, 1.54) is 50.9 Å². The number of aliphatic hydroxyl groups is 2. The first-order chi connectivity index (χ1) is 22.8. The summed E-state index contributed by atoms with van der Waals surface area (Å²) < 4.78 is 14.1. The number of benzene rings is 2. The fourth-order valence-electron chi connectivity index (χ4n) is 8.56. The number of phenolic OH excluding ortho intramolecular Hbond substituents is 1. The zero-order valence-electron chi connectivity index (χ0n) is 28.3. The molecule has 3 aliphatic heterocycles. The van der Waals surface area contributed by atoms with Crippen LogP contribution in [0.1, 0.15) is 81.9 Å². The second kappa shape index (κ2) is 16.6. The standard InChI is InChI=1S/C38H53N3O6.BrH/c1-2-9-36(39-24-33(43)30-14-16-32(42)37-31(30)15-17-35(44)40-37)46-23-8-20-41-21-18-27(19-22-41)34(25-41)47-26-38(45,29-12-6-7-13-29)28-10-4-3-5-11-28;/h3-5,10-11,14-17,27,29,33-34,36,39,43,45H,2,6-9,12-13,18-26H2,1H3,(H-,40,42,44);1H/t27?,33-,34-,36?,38+,41?;/m0./s1. The first-order valence-electron chi connectivity index (χ1n) is 17.9. The Hall–Kier alpha value is -2.31.